The number of aromatic nitrogens is 1. The number of aromatic amines is 1. The molecule has 1 aromatic heterocycles. The summed E-state index contributed by atoms with van der Waals surface area (Å²) < 4.78 is 10.9. The van der Waals surface area contributed by atoms with Crippen molar-refractivity contribution >= 4 is 43.2 Å². The highest BCUT2D eigenvalue weighted by Gasteiger charge is 2.19. The molecule has 0 amide bonds. The van der Waals surface area contributed by atoms with Gasteiger partial charge in [-0.15, -0.1) is 0 Å². The first-order valence-corrected chi connectivity index (χ1v) is 8.56. The van der Waals surface area contributed by atoms with Gasteiger partial charge in [-0.3, -0.25) is 0 Å². The number of nitrogens with one attached hydrogen (secondary N) is 1. The van der Waals surface area contributed by atoms with Gasteiger partial charge in [-0.25, -0.2) is 0 Å². The highest BCUT2D eigenvalue weighted by Crippen LogP contribution is 2.48. The summed E-state index contributed by atoms with van der Waals surface area (Å²) in [5.74, 6) is 1.16. The molecule has 0 aliphatic rings. The van der Waals surface area contributed by atoms with Crippen LogP contribution in [0.15, 0.2) is 48.7 Å². The van der Waals surface area contributed by atoms with E-state index in [0.717, 1.165) is 32.4 Å². The summed E-state index contributed by atoms with van der Waals surface area (Å²) in [5.41, 5.74) is 0.760. The maximum atomic E-state index is 11.0. The Labute approximate surface area is 154 Å². The van der Waals surface area contributed by atoms with Crippen molar-refractivity contribution in [3.8, 4) is 23.0 Å². The quantitative estimate of drug-likeness (QED) is 0.385. The Bertz CT molecular complexity index is 1370. The standard InChI is InChI=1S/C22H17NO4/c1-26-17-10-23-20-13-8-7-12-11-5-3-4-6-14(11)22(27-2)21(25)18(12)15(13)9-16(24)19(17)20/h3-10,23-25H,1-2H3. The lowest BCUT2D eigenvalue weighted by Gasteiger charge is -2.15. The van der Waals surface area contributed by atoms with Gasteiger partial charge >= 0.3 is 0 Å². The molecule has 0 radical (unpaired) electrons. The Morgan fingerprint density at radius 3 is 2.26 bits per heavy atom. The molecule has 27 heavy (non-hydrogen) atoms. The second-order valence-electron chi connectivity index (χ2n) is 6.51. The maximum absolute atomic E-state index is 11.0. The fraction of sp³-hybridized carbons (Fsp3) is 0.0909. The third-order valence-corrected chi connectivity index (χ3v) is 5.23. The molecule has 0 atom stereocenters. The van der Waals surface area contributed by atoms with Crippen LogP contribution < -0.4 is 9.47 Å². The summed E-state index contributed by atoms with van der Waals surface area (Å²) in [5, 5.41) is 27.3. The van der Waals surface area contributed by atoms with Crippen LogP contribution in [-0.4, -0.2) is 29.4 Å². The van der Waals surface area contributed by atoms with Crippen LogP contribution in [-0.2, 0) is 0 Å². The monoisotopic (exact) mass is 359 g/mol. The highest BCUT2D eigenvalue weighted by molar-refractivity contribution is 6.26. The van der Waals surface area contributed by atoms with Crippen LogP contribution in [0.5, 0.6) is 23.0 Å². The predicted molar refractivity (Wildman–Crippen MR) is 107 cm³/mol. The van der Waals surface area contributed by atoms with Gasteiger partial charge in [0.15, 0.2) is 11.5 Å². The number of phenols is 2. The molecule has 0 saturated carbocycles. The van der Waals surface area contributed by atoms with Gasteiger partial charge in [0.1, 0.15) is 11.5 Å². The molecule has 5 heteroatoms. The van der Waals surface area contributed by atoms with Crippen molar-refractivity contribution in [3.05, 3.63) is 48.7 Å². The largest absolute Gasteiger partial charge is 0.507 e. The molecule has 0 bridgehead atoms. The summed E-state index contributed by atoms with van der Waals surface area (Å²) in [6, 6.07) is 13.5. The minimum atomic E-state index is 0.0640. The lowest BCUT2D eigenvalue weighted by molar-refractivity contribution is 0.381. The van der Waals surface area contributed by atoms with Crippen molar-refractivity contribution < 1.29 is 19.7 Å². The van der Waals surface area contributed by atoms with E-state index in [1.54, 1.807) is 26.5 Å². The van der Waals surface area contributed by atoms with E-state index in [9.17, 15) is 10.2 Å². The van der Waals surface area contributed by atoms with Crippen LogP contribution in [0.1, 0.15) is 0 Å². The van der Waals surface area contributed by atoms with Crippen molar-refractivity contribution in [2.45, 2.75) is 0 Å². The highest BCUT2D eigenvalue weighted by atomic mass is 16.5. The lowest BCUT2D eigenvalue weighted by Crippen LogP contribution is -1.90. The molecule has 134 valence electrons. The number of ether oxygens (including phenoxy) is 2. The fourth-order valence-electron chi connectivity index (χ4n) is 4.07. The van der Waals surface area contributed by atoms with Gasteiger partial charge in [0, 0.05) is 22.4 Å². The fourth-order valence-corrected chi connectivity index (χ4v) is 4.07. The molecule has 4 aromatic carbocycles. The van der Waals surface area contributed by atoms with Crippen LogP contribution in [0.2, 0.25) is 0 Å². The van der Waals surface area contributed by atoms with E-state index in [1.165, 1.54) is 0 Å². The Kier molecular flexibility index (Phi) is 3.15. The Morgan fingerprint density at radius 1 is 0.778 bits per heavy atom. The van der Waals surface area contributed by atoms with E-state index in [0.29, 0.717) is 22.3 Å². The van der Waals surface area contributed by atoms with Crippen LogP contribution in [0.4, 0.5) is 0 Å². The third kappa shape index (κ3) is 1.94. The van der Waals surface area contributed by atoms with Crippen LogP contribution in [0.3, 0.4) is 0 Å². The average Bonchev–Trinajstić information content (AvgIpc) is 3.13. The van der Waals surface area contributed by atoms with Crippen molar-refractivity contribution in [2.24, 2.45) is 0 Å². The Morgan fingerprint density at radius 2 is 1.52 bits per heavy atom. The number of methoxy groups -OCH3 is 2. The topological polar surface area (TPSA) is 74.7 Å². The first kappa shape index (κ1) is 15.6. The number of hydrogen-bond acceptors (Lipinski definition) is 4. The van der Waals surface area contributed by atoms with Gasteiger partial charge < -0.3 is 24.7 Å². The normalized spacial score (nSPS) is 11.6. The van der Waals surface area contributed by atoms with E-state index in [-0.39, 0.29) is 11.5 Å². The Hall–Kier alpha value is -3.60. The van der Waals surface area contributed by atoms with Gasteiger partial charge in [-0.1, -0.05) is 36.4 Å². The van der Waals surface area contributed by atoms with Crippen molar-refractivity contribution in [2.75, 3.05) is 14.2 Å². The summed E-state index contributed by atoms with van der Waals surface area (Å²) in [6.45, 7) is 0. The summed E-state index contributed by atoms with van der Waals surface area (Å²) >= 11 is 0. The zero-order valence-electron chi connectivity index (χ0n) is 14.8. The van der Waals surface area contributed by atoms with Crippen molar-refractivity contribution in [1.29, 1.82) is 0 Å². The van der Waals surface area contributed by atoms with Crippen molar-refractivity contribution in [3.63, 3.8) is 0 Å². The summed E-state index contributed by atoms with van der Waals surface area (Å²) in [7, 11) is 3.11. The Balaban J connectivity index is 2.07. The SMILES string of the molecule is COc1c(O)c2c(ccc3c2cc(O)c2c(OC)c[nH]c23)c2ccccc12. The number of phenolic OH excluding ortho intramolecular Hbond substituents is 2. The molecular weight excluding hydrogens is 342 g/mol. The van der Waals surface area contributed by atoms with E-state index < -0.39 is 0 Å². The first-order valence-electron chi connectivity index (χ1n) is 8.56. The molecule has 5 rings (SSSR count). The molecule has 5 aromatic rings. The number of fused-ring (bicyclic) bond motifs is 7. The second-order valence-corrected chi connectivity index (χ2v) is 6.51. The molecule has 0 saturated heterocycles. The van der Waals surface area contributed by atoms with E-state index >= 15 is 0 Å². The minimum absolute atomic E-state index is 0.0640. The van der Waals surface area contributed by atoms with E-state index in [1.807, 2.05) is 36.4 Å². The third-order valence-electron chi connectivity index (χ3n) is 5.23. The van der Waals surface area contributed by atoms with Crippen molar-refractivity contribution in [1.82, 2.24) is 4.98 Å². The average molecular weight is 359 g/mol. The molecule has 3 N–H and O–H groups in total. The molecule has 1 heterocycles. The molecule has 0 fully saturated rings. The van der Waals surface area contributed by atoms with Crippen LogP contribution in [0, 0.1) is 0 Å². The van der Waals surface area contributed by atoms with Crippen LogP contribution >= 0.6 is 0 Å². The minimum Gasteiger partial charge on any atom is -0.507 e. The smallest absolute Gasteiger partial charge is 0.168 e. The zero-order valence-corrected chi connectivity index (χ0v) is 14.8. The molecule has 0 unspecified atom stereocenters. The molecule has 0 aliphatic carbocycles. The molecule has 0 spiro atoms. The van der Waals surface area contributed by atoms with Gasteiger partial charge in [-0.2, -0.15) is 0 Å². The summed E-state index contributed by atoms with van der Waals surface area (Å²) in [6.07, 6.45) is 1.72. The molecule has 5 nitrogen and oxygen atoms in total. The number of rotatable bonds is 2. The zero-order chi connectivity index (χ0) is 18.7. The maximum Gasteiger partial charge on any atom is 0.168 e. The molecular formula is C22H17NO4. The van der Waals surface area contributed by atoms with Crippen LogP contribution in [0.25, 0.3) is 43.2 Å². The number of benzene rings is 4. The summed E-state index contributed by atoms with van der Waals surface area (Å²) in [4.78, 5) is 3.17. The lowest BCUT2D eigenvalue weighted by atomic mass is 9.94. The van der Waals surface area contributed by atoms with Gasteiger partial charge in [-0.05, 0) is 22.2 Å². The molecule has 0 aliphatic heterocycles. The number of H-pyrrole nitrogens is 1. The van der Waals surface area contributed by atoms with E-state index in [4.69, 9.17) is 9.47 Å². The second kappa shape index (κ2) is 5.45. The number of aromatic hydroxyl groups is 2. The van der Waals surface area contributed by atoms with Gasteiger partial charge in [0.05, 0.1) is 25.1 Å². The number of hydrogen-bond donors (Lipinski definition) is 3. The van der Waals surface area contributed by atoms with Gasteiger partial charge in [0.2, 0.25) is 0 Å². The predicted octanol–water partition coefficient (Wildman–Crippen LogP) is 5.06. The first-order chi connectivity index (χ1) is 13.2. The van der Waals surface area contributed by atoms with E-state index in [2.05, 4.69) is 4.98 Å². The van der Waals surface area contributed by atoms with Gasteiger partial charge in [0.25, 0.3) is 0 Å².